The summed E-state index contributed by atoms with van der Waals surface area (Å²) in [7, 11) is 1.94. The summed E-state index contributed by atoms with van der Waals surface area (Å²) < 4.78 is 21.8. The number of likely N-dealkylation sites (tertiary alicyclic amines) is 1. The van der Waals surface area contributed by atoms with E-state index in [1.807, 2.05) is 54.9 Å². The molecule has 0 atom stereocenters. The average Bonchev–Trinajstić information content (AvgIpc) is 3.32. The molecule has 1 fully saturated rings. The highest BCUT2D eigenvalue weighted by atomic mass is 19.1. The average molecular weight is 584 g/mol. The first-order chi connectivity index (χ1) is 20.9. The second-order valence-corrected chi connectivity index (χ2v) is 10.8. The van der Waals surface area contributed by atoms with Gasteiger partial charge < -0.3 is 24.8 Å². The molecule has 224 valence electrons. The summed E-state index contributed by atoms with van der Waals surface area (Å²) in [6.45, 7) is 5.61. The van der Waals surface area contributed by atoms with Gasteiger partial charge in [-0.25, -0.2) is 9.97 Å². The van der Waals surface area contributed by atoms with Crippen molar-refractivity contribution < 1.29 is 16.8 Å². The topological polar surface area (TPSA) is 97.2 Å². The number of aryl methyl sites for hydroxylation is 2. The van der Waals surface area contributed by atoms with Crippen LogP contribution >= 0.6 is 0 Å². The number of rotatable bonds is 9. The van der Waals surface area contributed by atoms with Crippen LogP contribution in [0.15, 0.2) is 73.1 Å². The van der Waals surface area contributed by atoms with Crippen LogP contribution in [-0.2, 0) is 7.05 Å². The van der Waals surface area contributed by atoms with E-state index in [-0.39, 0.29) is 8.76 Å². The van der Waals surface area contributed by atoms with Gasteiger partial charge in [0.2, 0.25) is 11.9 Å². The lowest BCUT2D eigenvalue weighted by molar-refractivity contribution is 0.0941. The molecule has 10 heteroatoms. The molecule has 1 amide bonds. The van der Waals surface area contributed by atoms with Crippen molar-refractivity contribution in [2.24, 2.45) is 7.05 Å². The van der Waals surface area contributed by atoms with E-state index in [1.54, 1.807) is 24.4 Å². The lowest BCUT2D eigenvalue weighted by atomic mass is 10.0. The third kappa shape index (κ3) is 6.65. The highest BCUT2D eigenvalue weighted by Gasteiger charge is 2.14. The monoisotopic (exact) mass is 583 g/mol. The first-order valence-electron chi connectivity index (χ1n) is 14.5. The molecule has 43 heavy (non-hydrogen) atoms. The summed E-state index contributed by atoms with van der Waals surface area (Å²) in [5.41, 5.74) is 5.50. The van der Waals surface area contributed by atoms with Crippen LogP contribution in [0.25, 0.3) is 22.2 Å². The van der Waals surface area contributed by atoms with Crippen molar-refractivity contribution in [1.82, 2.24) is 29.7 Å². The molecular weight excluding hydrogens is 545 g/mol. The molecule has 1 aliphatic rings. The Morgan fingerprint density at radius 2 is 1.79 bits per heavy atom. The molecule has 1 saturated heterocycles. The zero-order valence-electron chi connectivity index (χ0n) is 24.3. The van der Waals surface area contributed by atoms with Crippen molar-refractivity contribution in [3.05, 3.63) is 90.3 Å². The number of halogens is 1. The number of amides is 1. The van der Waals surface area contributed by atoms with Crippen molar-refractivity contribution >= 4 is 28.6 Å². The molecule has 6 rings (SSSR count). The molecule has 0 spiro atoms. The molecule has 0 saturated carbocycles. The highest BCUT2D eigenvalue weighted by Crippen LogP contribution is 2.31. The van der Waals surface area contributed by atoms with Crippen LogP contribution in [0, 0.1) is 12.9 Å². The number of hydrogen-bond donors (Lipinski definition) is 2. The minimum atomic E-state index is -0.516. The Balaban J connectivity index is 0.00000230. The summed E-state index contributed by atoms with van der Waals surface area (Å²) in [5, 5.41) is 6.36. The fourth-order valence-electron chi connectivity index (χ4n) is 5.40. The zero-order valence-corrected chi connectivity index (χ0v) is 24.3. The fraction of sp³-hybridized carbons (Fsp3) is 0.273. The van der Waals surface area contributed by atoms with E-state index >= 15 is 0 Å². The van der Waals surface area contributed by atoms with Crippen LogP contribution < -0.4 is 15.4 Å². The lowest BCUT2D eigenvalue weighted by Crippen LogP contribution is -2.37. The predicted octanol–water partition coefficient (Wildman–Crippen LogP) is 6.72. The summed E-state index contributed by atoms with van der Waals surface area (Å²) in [5.74, 6) is 1.03. The first kappa shape index (κ1) is 28.3. The van der Waals surface area contributed by atoms with Crippen LogP contribution in [0.4, 0.5) is 16.0 Å². The first-order valence-corrected chi connectivity index (χ1v) is 14.5. The van der Waals surface area contributed by atoms with Crippen molar-refractivity contribution in [2.75, 3.05) is 31.5 Å². The summed E-state index contributed by atoms with van der Waals surface area (Å²) in [6, 6.07) is 18.2. The Morgan fingerprint density at radius 1 is 0.977 bits per heavy atom. The molecule has 5 aromatic rings. The molecule has 0 bridgehead atoms. The van der Waals surface area contributed by atoms with Crippen LogP contribution in [0.2, 0.25) is 0 Å². The second-order valence-electron chi connectivity index (χ2n) is 10.8. The van der Waals surface area contributed by atoms with E-state index in [0.29, 0.717) is 29.7 Å². The van der Waals surface area contributed by atoms with Crippen molar-refractivity contribution in [1.29, 1.82) is 0 Å². The Bertz CT molecular complexity index is 1780. The number of carbonyl (C=O) groups excluding carboxylic acids is 1. The quantitative estimate of drug-likeness (QED) is 0.186. The van der Waals surface area contributed by atoms with Crippen LogP contribution in [0.5, 0.6) is 11.5 Å². The summed E-state index contributed by atoms with van der Waals surface area (Å²) in [6.07, 6.45) is 6.78. The normalized spacial score (nSPS) is 13.7. The number of ether oxygens (including phenoxy) is 1. The predicted molar refractivity (Wildman–Crippen MR) is 170 cm³/mol. The van der Waals surface area contributed by atoms with Crippen molar-refractivity contribution in [3.8, 4) is 22.6 Å². The SMILES string of the molecule is Cc1ccc(Nc2nc3cc(Oc4ccnc(C(=O)NCCN5CCCCC5)c4)ccc3n2C)cc1-c1ccnc(F)c1.[HH].[HH]. The number of pyridine rings is 2. The van der Waals surface area contributed by atoms with Crippen molar-refractivity contribution in [2.45, 2.75) is 26.2 Å². The van der Waals surface area contributed by atoms with Crippen LogP contribution in [0.3, 0.4) is 0 Å². The molecule has 3 aromatic heterocycles. The maximum Gasteiger partial charge on any atom is 0.270 e. The van der Waals surface area contributed by atoms with Gasteiger partial charge in [-0.05, 0) is 85.9 Å². The molecular formula is C33H38FN7O2. The molecule has 0 aliphatic carbocycles. The molecule has 1 aliphatic heterocycles. The molecule has 0 radical (unpaired) electrons. The number of hydrogen-bond acceptors (Lipinski definition) is 7. The maximum atomic E-state index is 13.8. The largest absolute Gasteiger partial charge is 0.457 e. The molecule has 2 N–H and O–H groups in total. The second kappa shape index (κ2) is 12.6. The van der Waals surface area contributed by atoms with E-state index in [4.69, 9.17) is 9.72 Å². The van der Waals surface area contributed by atoms with Crippen molar-refractivity contribution in [3.63, 3.8) is 0 Å². The summed E-state index contributed by atoms with van der Waals surface area (Å²) >= 11 is 0. The van der Waals surface area contributed by atoms with Gasteiger partial charge in [0.05, 0.1) is 11.0 Å². The smallest absolute Gasteiger partial charge is 0.270 e. The minimum absolute atomic E-state index is 0. The number of fused-ring (bicyclic) bond motifs is 1. The number of anilines is 2. The van der Waals surface area contributed by atoms with Gasteiger partial charge in [-0.15, -0.1) is 0 Å². The van der Waals surface area contributed by atoms with Crippen LogP contribution in [-0.4, -0.2) is 56.5 Å². The minimum Gasteiger partial charge on any atom is -0.457 e. The van der Waals surface area contributed by atoms with Gasteiger partial charge in [0.1, 0.15) is 17.2 Å². The number of nitrogens with zero attached hydrogens (tertiary/aromatic N) is 5. The van der Waals surface area contributed by atoms with Crippen LogP contribution in [0.1, 0.15) is 38.2 Å². The number of imidazole rings is 1. The molecule has 9 nitrogen and oxygen atoms in total. The molecule has 2 aromatic carbocycles. The van der Waals surface area contributed by atoms with Gasteiger partial charge in [-0.1, -0.05) is 12.5 Å². The third-order valence-corrected chi connectivity index (χ3v) is 7.75. The van der Waals surface area contributed by atoms with Gasteiger partial charge in [-0.3, -0.25) is 9.78 Å². The van der Waals surface area contributed by atoms with Gasteiger partial charge in [-0.2, -0.15) is 4.39 Å². The van der Waals surface area contributed by atoms with E-state index in [9.17, 15) is 9.18 Å². The number of aromatic nitrogens is 4. The number of benzene rings is 2. The lowest BCUT2D eigenvalue weighted by Gasteiger charge is -2.26. The standard InChI is InChI=1S/C33H34FN7O2.2H2/c1-22-6-7-24(19-27(22)23-10-12-36-31(34)18-23)38-33-39-28-20-25(8-9-30(28)40(33)2)43-26-11-13-35-29(21-26)32(42)37-14-17-41-15-4-3-5-16-41;;/h6-13,18-21H,3-5,14-17H2,1-2H3,(H,37,42)(H,38,39);2*1H. The number of nitrogens with one attached hydrogen (secondary N) is 2. The number of piperidine rings is 1. The third-order valence-electron chi connectivity index (χ3n) is 7.75. The van der Waals surface area contributed by atoms with Gasteiger partial charge in [0, 0.05) is 59.3 Å². The van der Waals surface area contributed by atoms with Gasteiger partial charge >= 0.3 is 0 Å². The van der Waals surface area contributed by atoms with E-state index in [0.717, 1.165) is 53.0 Å². The Labute approximate surface area is 252 Å². The number of carbonyl (C=O) groups is 1. The Kier molecular flexibility index (Phi) is 8.28. The van der Waals surface area contributed by atoms with E-state index in [1.165, 1.54) is 31.5 Å². The highest BCUT2D eigenvalue weighted by molar-refractivity contribution is 5.92. The fourth-order valence-corrected chi connectivity index (χ4v) is 5.40. The molecule has 0 unspecified atom stereocenters. The van der Waals surface area contributed by atoms with Gasteiger partial charge in [0.25, 0.3) is 5.91 Å². The van der Waals surface area contributed by atoms with Gasteiger partial charge in [0.15, 0.2) is 0 Å². The zero-order chi connectivity index (χ0) is 29.8. The van der Waals surface area contributed by atoms with E-state index in [2.05, 4.69) is 25.5 Å². The molecule has 4 heterocycles. The Morgan fingerprint density at radius 3 is 2.63 bits per heavy atom. The van der Waals surface area contributed by atoms with E-state index < -0.39 is 5.95 Å². The maximum absolute atomic E-state index is 13.8. The Hall–Kier alpha value is -4.83. The summed E-state index contributed by atoms with van der Waals surface area (Å²) in [4.78, 5) is 27.8.